The molecule has 2 atom stereocenters. The van der Waals surface area contributed by atoms with Gasteiger partial charge in [-0.25, -0.2) is 0 Å². The van der Waals surface area contributed by atoms with Gasteiger partial charge in [-0.15, -0.1) is 0 Å². The van der Waals surface area contributed by atoms with Crippen molar-refractivity contribution >= 4 is 5.91 Å². The van der Waals surface area contributed by atoms with Crippen molar-refractivity contribution in [3.05, 3.63) is 0 Å². The fraction of sp³-hybridized carbons (Fsp3) is 0.929. The third-order valence-corrected chi connectivity index (χ3v) is 3.85. The highest BCUT2D eigenvalue weighted by Crippen LogP contribution is 2.31. The van der Waals surface area contributed by atoms with Crippen LogP contribution in [-0.4, -0.2) is 18.0 Å². The van der Waals surface area contributed by atoms with Crippen LogP contribution < -0.4 is 11.1 Å². The second-order valence-corrected chi connectivity index (χ2v) is 5.34. The zero-order valence-electron chi connectivity index (χ0n) is 11.4. The van der Waals surface area contributed by atoms with Crippen LogP contribution in [0.4, 0.5) is 0 Å². The normalized spacial score (nSPS) is 19.5. The van der Waals surface area contributed by atoms with E-state index in [4.69, 9.17) is 5.73 Å². The highest BCUT2D eigenvalue weighted by Gasteiger charge is 2.28. The molecule has 1 aliphatic carbocycles. The summed E-state index contributed by atoms with van der Waals surface area (Å²) >= 11 is 0. The van der Waals surface area contributed by atoms with E-state index in [2.05, 4.69) is 19.2 Å². The number of rotatable bonds is 8. The standard InChI is InChI=1S/C14H28N2O/c1-3-5-10-13(11-8-6-9-11)16-14(17)12(15)7-4-2/h11-13H,3-10,15H2,1-2H3,(H,16,17). The Hall–Kier alpha value is -0.570. The fourth-order valence-corrected chi connectivity index (χ4v) is 2.42. The van der Waals surface area contributed by atoms with Crippen LogP contribution in [0.2, 0.25) is 0 Å². The molecule has 3 N–H and O–H groups in total. The van der Waals surface area contributed by atoms with E-state index < -0.39 is 0 Å². The fourth-order valence-electron chi connectivity index (χ4n) is 2.42. The number of carbonyl (C=O) groups excluding carboxylic acids is 1. The van der Waals surface area contributed by atoms with Gasteiger partial charge < -0.3 is 11.1 Å². The molecular formula is C14H28N2O. The summed E-state index contributed by atoms with van der Waals surface area (Å²) in [5, 5.41) is 3.17. The average molecular weight is 240 g/mol. The molecule has 1 amide bonds. The summed E-state index contributed by atoms with van der Waals surface area (Å²) in [6.45, 7) is 4.26. The molecule has 1 aliphatic rings. The monoisotopic (exact) mass is 240 g/mol. The molecule has 0 radical (unpaired) electrons. The maximum absolute atomic E-state index is 11.9. The maximum Gasteiger partial charge on any atom is 0.237 e. The molecule has 1 rings (SSSR count). The Balaban J connectivity index is 2.38. The molecule has 0 bridgehead atoms. The Bertz CT molecular complexity index is 226. The van der Waals surface area contributed by atoms with Crippen molar-refractivity contribution in [1.82, 2.24) is 5.32 Å². The lowest BCUT2D eigenvalue weighted by atomic mass is 9.78. The van der Waals surface area contributed by atoms with E-state index in [1.807, 2.05) is 0 Å². The molecule has 0 aromatic heterocycles. The maximum atomic E-state index is 11.9. The Morgan fingerprint density at radius 1 is 1.29 bits per heavy atom. The average Bonchev–Trinajstić information content (AvgIpc) is 2.23. The van der Waals surface area contributed by atoms with E-state index in [9.17, 15) is 4.79 Å². The van der Waals surface area contributed by atoms with Gasteiger partial charge in [-0.05, 0) is 31.6 Å². The van der Waals surface area contributed by atoms with Crippen molar-refractivity contribution in [1.29, 1.82) is 0 Å². The zero-order chi connectivity index (χ0) is 12.7. The summed E-state index contributed by atoms with van der Waals surface area (Å²) in [6.07, 6.45) is 9.14. The Labute approximate surface area is 106 Å². The highest BCUT2D eigenvalue weighted by atomic mass is 16.2. The topological polar surface area (TPSA) is 55.1 Å². The Kier molecular flexibility index (Phi) is 6.56. The molecule has 100 valence electrons. The van der Waals surface area contributed by atoms with Crippen LogP contribution >= 0.6 is 0 Å². The van der Waals surface area contributed by atoms with Crippen molar-refractivity contribution in [2.45, 2.75) is 77.3 Å². The smallest absolute Gasteiger partial charge is 0.237 e. The molecule has 0 aliphatic heterocycles. The van der Waals surface area contributed by atoms with Crippen molar-refractivity contribution in [3.63, 3.8) is 0 Å². The first-order valence-electron chi connectivity index (χ1n) is 7.25. The number of carbonyl (C=O) groups is 1. The third-order valence-electron chi connectivity index (χ3n) is 3.85. The van der Waals surface area contributed by atoms with E-state index in [1.165, 1.54) is 32.1 Å². The van der Waals surface area contributed by atoms with E-state index in [-0.39, 0.29) is 11.9 Å². The van der Waals surface area contributed by atoms with Crippen LogP contribution in [0.1, 0.15) is 65.2 Å². The zero-order valence-corrected chi connectivity index (χ0v) is 11.4. The summed E-state index contributed by atoms with van der Waals surface area (Å²) in [4.78, 5) is 11.9. The van der Waals surface area contributed by atoms with Crippen molar-refractivity contribution in [2.75, 3.05) is 0 Å². The predicted octanol–water partition coefficient (Wildman–Crippen LogP) is 2.59. The number of hydrogen-bond acceptors (Lipinski definition) is 2. The summed E-state index contributed by atoms with van der Waals surface area (Å²) in [7, 11) is 0. The van der Waals surface area contributed by atoms with Gasteiger partial charge in [0.05, 0.1) is 6.04 Å². The Morgan fingerprint density at radius 3 is 2.47 bits per heavy atom. The second-order valence-electron chi connectivity index (χ2n) is 5.34. The number of nitrogens with one attached hydrogen (secondary N) is 1. The number of amides is 1. The first-order valence-corrected chi connectivity index (χ1v) is 7.25. The van der Waals surface area contributed by atoms with Gasteiger partial charge in [0, 0.05) is 6.04 Å². The van der Waals surface area contributed by atoms with Crippen LogP contribution in [0, 0.1) is 5.92 Å². The largest absolute Gasteiger partial charge is 0.352 e. The molecule has 1 fully saturated rings. The number of unbranched alkanes of at least 4 members (excludes halogenated alkanes) is 1. The molecule has 17 heavy (non-hydrogen) atoms. The predicted molar refractivity (Wildman–Crippen MR) is 71.7 cm³/mol. The molecule has 0 spiro atoms. The first kappa shape index (κ1) is 14.5. The Morgan fingerprint density at radius 2 is 2.00 bits per heavy atom. The van der Waals surface area contributed by atoms with E-state index in [1.54, 1.807) is 0 Å². The van der Waals surface area contributed by atoms with Crippen LogP contribution in [0.15, 0.2) is 0 Å². The number of nitrogens with two attached hydrogens (primary N) is 1. The van der Waals surface area contributed by atoms with Crippen LogP contribution in [0.25, 0.3) is 0 Å². The van der Waals surface area contributed by atoms with Crippen LogP contribution in [0.3, 0.4) is 0 Å². The quantitative estimate of drug-likeness (QED) is 0.685. The summed E-state index contributed by atoms with van der Waals surface area (Å²) < 4.78 is 0. The van der Waals surface area contributed by atoms with Gasteiger partial charge >= 0.3 is 0 Å². The van der Waals surface area contributed by atoms with Gasteiger partial charge in [-0.3, -0.25) is 4.79 Å². The van der Waals surface area contributed by atoms with Gasteiger partial charge in [0.15, 0.2) is 0 Å². The molecule has 3 heteroatoms. The van der Waals surface area contributed by atoms with Gasteiger partial charge in [0.1, 0.15) is 0 Å². The second kappa shape index (κ2) is 7.70. The molecule has 0 saturated heterocycles. The minimum atomic E-state index is -0.316. The van der Waals surface area contributed by atoms with Gasteiger partial charge in [-0.1, -0.05) is 39.5 Å². The molecule has 3 nitrogen and oxygen atoms in total. The molecule has 0 heterocycles. The third kappa shape index (κ3) is 4.66. The first-order chi connectivity index (χ1) is 8.19. The molecule has 1 saturated carbocycles. The number of hydrogen-bond donors (Lipinski definition) is 2. The highest BCUT2D eigenvalue weighted by molar-refractivity contribution is 5.81. The minimum Gasteiger partial charge on any atom is -0.352 e. The molecular weight excluding hydrogens is 212 g/mol. The lowest BCUT2D eigenvalue weighted by Gasteiger charge is -2.35. The van der Waals surface area contributed by atoms with E-state index in [0.717, 1.165) is 19.3 Å². The molecule has 0 aromatic carbocycles. The van der Waals surface area contributed by atoms with E-state index in [0.29, 0.717) is 12.0 Å². The molecule has 2 unspecified atom stereocenters. The molecule has 0 aromatic rings. The summed E-state index contributed by atoms with van der Waals surface area (Å²) in [5.41, 5.74) is 5.85. The lowest BCUT2D eigenvalue weighted by Crippen LogP contribution is -2.49. The lowest BCUT2D eigenvalue weighted by molar-refractivity contribution is -0.123. The SMILES string of the molecule is CCCCC(NC(=O)C(N)CCC)C1CCC1. The van der Waals surface area contributed by atoms with Crippen LogP contribution in [0.5, 0.6) is 0 Å². The van der Waals surface area contributed by atoms with E-state index >= 15 is 0 Å². The van der Waals surface area contributed by atoms with Crippen LogP contribution in [-0.2, 0) is 4.79 Å². The van der Waals surface area contributed by atoms with Crippen molar-refractivity contribution in [3.8, 4) is 0 Å². The van der Waals surface area contributed by atoms with Crippen molar-refractivity contribution < 1.29 is 4.79 Å². The minimum absolute atomic E-state index is 0.0554. The van der Waals surface area contributed by atoms with Gasteiger partial charge in [0.2, 0.25) is 5.91 Å². The van der Waals surface area contributed by atoms with Gasteiger partial charge in [0.25, 0.3) is 0 Å². The summed E-state index contributed by atoms with van der Waals surface area (Å²) in [5.74, 6) is 0.763. The van der Waals surface area contributed by atoms with Gasteiger partial charge in [-0.2, -0.15) is 0 Å². The summed E-state index contributed by atoms with van der Waals surface area (Å²) in [6, 6.07) is 0.0586. The van der Waals surface area contributed by atoms with Crippen molar-refractivity contribution in [2.24, 2.45) is 11.7 Å².